The van der Waals surface area contributed by atoms with Gasteiger partial charge in [0.05, 0.1) is 6.04 Å². The van der Waals surface area contributed by atoms with Gasteiger partial charge in [0.25, 0.3) is 0 Å². The highest BCUT2D eigenvalue weighted by molar-refractivity contribution is 5.18. The molecule has 1 fully saturated rings. The molecule has 14 heavy (non-hydrogen) atoms. The maximum absolute atomic E-state index is 11.7. The summed E-state index contributed by atoms with van der Waals surface area (Å²) in [5, 5.41) is 4.08. The van der Waals surface area contributed by atoms with Gasteiger partial charge in [-0.2, -0.15) is 5.10 Å². The van der Waals surface area contributed by atoms with Crippen molar-refractivity contribution in [1.82, 2.24) is 19.2 Å². The molecule has 2 heterocycles. The van der Waals surface area contributed by atoms with Crippen LogP contribution in [0.3, 0.4) is 0 Å². The molecule has 1 aliphatic rings. The van der Waals surface area contributed by atoms with E-state index in [4.69, 9.17) is 0 Å². The number of nitrogens with zero attached hydrogens (tertiary/aromatic N) is 4. The molecular weight excluding hydrogens is 180 g/mol. The SMILES string of the molecule is C/C=C\n1cnn(C2CN(C)C2)c1=O. The van der Waals surface area contributed by atoms with Crippen molar-refractivity contribution < 1.29 is 0 Å². The highest BCUT2D eigenvalue weighted by Gasteiger charge is 2.27. The Morgan fingerprint density at radius 1 is 1.57 bits per heavy atom. The van der Waals surface area contributed by atoms with Gasteiger partial charge in [0.15, 0.2) is 0 Å². The second-order valence-electron chi connectivity index (χ2n) is 3.62. The minimum atomic E-state index is -0.0544. The van der Waals surface area contributed by atoms with Gasteiger partial charge in [0, 0.05) is 19.3 Å². The smallest absolute Gasteiger partial charge is 0.302 e. The van der Waals surface area contributed by atoms with Crippen LogP contribution in [0.25, 0.3) is 6.20 Å². The van der Waals surface area contributed by atoms with Gasteiger partial charge in [-0.3, -0.25) is 4.57 Å². The minimum Gasteiger partial charge on any atom is -0.302 e. The Bertz CT molecular complexity index is 397. The first kappa shape index (κ1) is 9.21. The molecule has 0 unspecified atom stereocenters. The van der Waals surface area contributed by atoms with Gasteiger partial charge in [0.2, 0.25) is 0 Å². The Kier molecular flexibility index (Phi) is 2.25. The molecule has 1 saturated heterocycles. The van der Waals surface area contributed by atoms with Gasteiger partial charge in [-0.05, 0) is 14.0 Å². The molecule has 1 aromatic heterocycles. The number of likely N-dealkylation sites (tertiary alicyclic amines) is 1. The zero-order valence-corrected chi connectivity index (χ0v) is 8.42. The van der Waals surface area contributed by atoms with Crippen LogP contribution in [0.1, 0.15) is 13.0 Å². The van der Waals surface area contributed by atoms with E-state index in [-0.39, 0.29) is 11.7 Å². The molecule has 0 spiro atoms. The summed E-state index contributed by atoms with van der Waals surface area (Å²) >= 11 is 0. The van der Waals surface area contributed by atoms with E-state index in [1.165, 1.54) is 4.57 Å². The largest absolute Gasteiger partial charge is 0.350 e. The van der Waals surface area contributed by atoms with Crippen molar-refractivity contribution in [3.05, 3.63) is 22.9 Å². The van der Waals surface area contributed by atoms with Gasteiger partial charge >= 0.3 is 5.69 Å². The number of likely N-dealkylation sites (N-methyl/N-ethyl adjacent to an activating group) is 1. The molecule has 0 aromatic carbocycles. The lowest BCUT2D eigenvalue weighted by Crippen LogP contribution is -2.48. The molecular formula is C9H14N4O. The summed E-state index contributed by atoms with van der Waals surface area (Å²) in [7, 11) is 2.03. The van der Waals surface area contributed by atoms with E-state index in [9.17, 15) is 4.79 Å². The summed E-state index contributed by atoms with van der Waals surface area (Å²) in [4.78, 5) is 13.9. The van der Waals surface area contributed by atoms with E-state index in [0.717, 1.165) is 13.1 Å². The zero-order chi connectivity index (χ0) is 10.1. The van der Waals surface area contributed by atoms with Crippen LogP contribution in [0.2, 0.25) is 0 Å². The first-order chi connectivity index (χ1) is 6.72. The predicted molar refractivity (Wildman–Crippen MR) is 54.0 cm³/mol. The molecule has 5 heteroatoms. The topological polar surface area (TPSA) is 43.1 Å². The second-order valence-corrected chi connectivity index (χ2v) is 3.62. The Hall–Kier alpha value is -1.36. The van der Waals surface area contributed by atoms with Crippen LogP contribution in [-0.4, -0.2) is 39.4 Å². The number of rotatable bonds is 2. The van der Waals surface area contributed by atoms with Gasteiger partial charge < -0.3 is 4.90 Å². The monoisotopic (exact) mass is 194 g/mol. The molecule has 0 atom stereocenters. The molecule has 0 saturated carbocycles. The van der Waals surface area contributed by atoms with Crippen LogP contribution >= 0.6 is 0 Å². The number of hydrogen-bond acceptors (Lipinski definition) is 3. The van der Waals surface area contributed by atoms with Gasteiger partial charge in [0.1, 0.15) is 6.33 Å². The number of aromatic nitrogens is 3. The maximum atomic E-state index is 11.7. The van der Waals surface area contributed by atoms with Crippen molar-refractivity contribution in [2.24, 2.45) is 0 Å². The van der Waals surface area contributed by atoms with Crippen molar-refractivity contribution in [1.29, 1.82) is 0 Å². The standard InChI is InChI=1S/C9H14N4O/c1-3-4-12-7-10-13(9(12)14)8-5-11(2)6-8/h3-4,7-8H,5-6H2,1-2H3/b4-3-. The Balaban J connectivity index is 2.24. The third-order valence-corrected chi connectivity index (χ3v) is 2.42. The first-order valence-corrected chi connectivity index (χ1v) is 4.69. The average Bonchev–Trinajstić information content (AvgIpc) is 2.44. The zero-order valence-electron chi connectivity index (χ0n) is 8.42. The molecule has 2 rings (SSSR count). The normalized spacial score (nSPS) is 19.0. The third kappa shape index (κ3) is 1.39. The quantitative estimate of drug-likeness (QED) is 0.666. The summed E-state index contributed by atoms with van der Waals surface area (Å²) in [5.41, 5.74) is -0.0544. The summed E-state index contributed by atoms with van der Waals surface area (Å²) in [6.45, 7) is 3.69. The first-order valence-electron chi connectivity index (χ1n) is 4.69. The van der Waals surface area contributed by atoms with Crippen LogP contribution in [-0.2, 0) is 0 Å². The Morgan fingerprint density at radius 3 is 2.86 bits per heavy atom. The minimum absolute atomic E-state index is 0.0544. The van der Waals surface area contributed by atoms with Crippen LogP contribution in [0, 0.1) is 0 Å². The summed E-state index contributed by atoms with van der Waals surface area (Å²) in [6, 6.07) is 0.249. The van der Waals surface area contributed by atoms with E-state index in [2.05, 4.69) is 10.00 Å². The lowest BCUT2D eigenvalue weighted by Gasteiger charge is -2.35. The van der Waals surface area contributed by atoms with Crippen molar-refractivity contribution in [3.63, 3.8) is 0 Å². The van der Waals surface area contributed by atoms with Crippen LogP contribution in [0.15, 0.2) is 17.2 Å². The molecule has 76 valence electrons. The van der Waals surface area contributed by atoms with Crippen LogP contribution in [0.5, 0.6) is 0 Å². The Morgan fingerprint density at radius 2 is 2.29 bits per heavy atom. The predicted octanol–water partition coefficient (Wildman–Crippen LogP) is 0.0219. The molecule has 0 bridgehead atoms. The average molecular weight is 194 g/mol. The lowest BCUT2D eigenvalue weighted by molar-refractivity contribution is 0.127. The lowest BCUT2D eigenvalue weighted by atomic mass is 10.1. The van der Waals surface area contributed by atoms with Crippen LogP contribution in [0.4, 0.5) is 0 Å². The molecule has 0 N–H and O–H groups in total. The van der Waals surface area contributed by atoms with E-state index in [1.807, 2.05) is 20.0 Å². The molecule has 1 aromatic rings. The van der Waals surface area contributed by atoms with Crippen molar-refractivity contribution in [3.8, 4) is 0 Å². The van der Waals surface area contributed by atoms with Gasteiger partial charge in [-0.25, -0.2) is 9.48 Å². The van der Waals surface area contributed by atoms with E-state index >= 15 is 0 Å². The van der Waals surface area contributed by atoms with Gasteiger partial charge in [-0.15, -0.1) is 0 Å². The second kappa shape index (κ2) is 3.42. The van der Waals surface area contributed by atoms with E-state index in [1.54, 1.807) is 17.2 Å². The summed E-state index contributed by atoms with van der Waals surface area (Å²) < 4.78 is 3.05. The number of hydrogen-bond donors (Lipinski definition) is 0. The summed E-state index contributed by atoms with van der Waals surface area (Å²) in [6.07, 6.45) is 5.09. The highest BCUT2D eigenvalue weighted by Crippen LogP contribution is 2.15. The molecule has 1 aliphatic heterocycles. The maximum Gasteiger partial charge on any atom is 0.350 e. The van der Waals surface area contributed by atoms with Crippen molar-refractivity contribution in [2.75, 3.05) is 20.1 Å². The fourth-order valence-corrected chi connectivity index (χ4v) is 1.66. The van der Waals surface area contributed by atoms with Gasteiger partial charge in [-0.1, -0.05) is 6.08 Å². The van der Waals surface area contributed by atoms with Crippen molar-refractivity contribution >= 4 is 6.20 Å². The molecule has 0 aliphatic carbocycles. The van der Waals surface area contributed by atoms with E-state index < -0.39 is 0 Å². The Labute approximate surface area is 82.2 Å². The fraction of sp³-hybridized carbons (Fsp3) is 0.556. The molecule has 0 amide bonds. The summed E-state index contributed by atoms with van der Waals surface area (Å²) in [5.74, 6) is 0. The highest BCUT2D eigenvalue weighted by atomic mass is 16.2. The molecule has 5 nitrogen and oxygen atoms in total. The molecule has 0 radical (unpaired) electrons. The van der Waals surface area contributed by atoms with Crippen LogP contribution < -0.4 is 5.69 Å². The fourth-order valence-electron chi connectivity index (χ4n) is 1.66. The third-order valence-electron chi connectivity index (χ3n) is 2.42. The van der Waals surface area contributed by atoms with E-state index in [0.29, 0.717) is 0 Å². The van der Waals surface area contributed by atoms with Crippen molar-refractivity contribution in [2.45, 2.75) is 13.0 Å². The number of allylic oxidation sites excluding steroid dienone is 1.